The van der Waals surface area contributed by atoms with Crippen molar-refractivity contribution in [2.24, 2.45) is 0 Å². The molecule has 1 atom stereocenters. The highest BCUT2D eigenvalue weighted by molar-refractivity contribution is 7.98. The second-order valence-electron chi connectivity index (χ2n) is 8.24. The molecule has 0 bridgehead atoms. The van der Waals surface area contributed by atoms with Crippen molar-refractivity contribution in [1.82, 2.24) is 14.8 Å². The molecule has 4 aromatic rings. The Labute approximate surface area is 223 Å². The van der Waals surface area contributed by atoms with Crippen molar-refractivity contribution in [1.29, 1.82) is 0 Å². The minimum Gasteiger partial charge on any atom is -0.328 e. The van der Waals surface area contributed by atoms with Gasteiger partial charge in [-0.05, 0) is 60.7 Å². The van der Waals surface area contributed by atoms with Gasteiger partial charge in [0.15, 0.2) is 0 Å². The number of hydrogen-bond donors (Lipinski definition) is 2. The second kappa shape index (κ2) is 10.8. The van der Waals surface area contributed by atoms with Crippen LogP contribution in [0.15, 0.2) is 100 Å². The maximum Gasteiger partial charge on any atom is 0.255 e. The molecule has 6 nitrogen and oxygen atoms in total. The first-order valence-corrected chi connectivity index (χ1v) is 13.9. The standard InChI is InChI=1S/C27H24ClN5OS2/c1-17-23(25(34)30-21-6-4-3-5-7-21)24(19-10-14-22(35-2)15-11-19)33-26(29-17)31-27(32-33)36-16-18-8-12-20(28)13-9-18/h3-15,24H,16H2,1-2H3,(H,30,34)(H,29,31,32)/t24-/m0/s1. The Kier molecular flexibility index (Phi) is 7.36. The van der Waals surface area contributed by atoms with Gasteiger partial charge >= 0.3 is 0 Å². The largest absolute Gasteiger partial charge is 0.328 e. The molecule has 0 spiro atoms. The minimum absolute atomic E-state index is 0.179. The van der Waals surface area contributed by atoms with Crippen molar-refractivity contribution in [2.75, 3.05) is 16.9 Å². The van der Waals surface area contributed by atoms with Gasteiger partial charge in [0.1, 0.15) is 6.04 Å². The van der Waals surface area contributed by atoms with Crippen LogP contribution in [0.5, 0.6) is 0 Å². The zero-order valence-corrected chi connectivity index (χ0v) is 22.1. The third-order valence-electron chi connectivity index (χ3n) is 5.82. The molecule has 3 aromatic carbocycles. The van der Waals surface area contributed by atoms with E-state index in [0.717, 1.165) is 27.4 Å². The predicted molar refractivity (Wildman–Crippen MR) is 149 cm³/mol. The molecule has 0 aliphatic carbocycles. The first kappa shape index (κ1) is 24.5. The summed E-state index contributed by atoms with van der Waals surface area (Å²) in [5, 5.41) is 12.5. The first-order valence-electron chi connectivity index (χ1n) is 11.3. The quantitative estimate of drug-likeness (QED) is 0.252. The Morgan fingerprint density at radius 1 is 1.06 bits per heavy atom. The van der Waals surface area contributed by atoms with Crippen LogP contribution in [0.1, 0.15) is 24.1 Å². The number of aromatic nitrogens is 3. The summed E-state index contributed by atoms with van der Waals surface area (Å²) in [6.45, 7) is 1.90. The summed E-state index contributed by atoms with van der Waals surface area (Å²) in [4.78, 5) is 19.4. The van der Waals surface area contributed by atoms with E-state index in [2.05, 4.69) is 34.9 Å². The number of fused-ring (bicyclic) bond motifs is 1. The molecule has 36 heavy (non-hydrogen) atoms. The molecule has 1 aromatic heterocycles. The van der Waals surface area contributed by atoms with Crippen molar-refractivity contribution in [3.8, 4) is 0 Å². The van der Waals surface area contributed by atoms with Gasteiger partial charge in [-0.1, -0.05) is 65.8 Å². The monoisotopic (exact) mass is 533 g/mol. The van der Waals surface area contributed by atoms with Crippen molar-refractivity contribution in [2.45, 2.75) is 28.8 Å². The summed E-state index contributed by atoms with van der Waals surface area (Å²) >= 11 is 9.23. The van der Waals surface area contributed by atoms with Gasteiger partial charge in [-0.25, -0.2) is 4.68 Å². The van der Waals surface area contributed by atoms with Crippen LogP contribution >= 0.6 is 35.1 Å². The Morgan fingerprint density at radius 3 is 2.47 bits per heavy atom. The lowest BCUT2D eigenvalue weighted by molar-refractivity contribution is -0.113. The van der Waals surface area contributed by atoms with Gasteiger partial charge in [0, 0.05) is 27.1 Å². The molecule has 0 saturated heterocycles. The lowest BCUT2D eigenvalue weighted by Gasteiger charge is -2.28. The van der Waals surface area contributed by atoms with Gasteiger partial charge in [0.05, 0.1) is 5.57 Å². The number of hydrogen-bond acceptors (Lipinski definition) is 6. The van der Waals surface area contributed by atoms with Crippen LogP contribution in [-0.2, 0) is 10.5 Å². The van der Waals surface area contributed by atoms with E-state index in [4.69, 9.17) is 21.7 Å². The molecule has 2 heterocycles. The van der Waals surface area contributed by atoms with Crippen LogP contribution in [0, 0.1) is 0 Å². The van der Waals surface area contributed by atoms with Crippen LogP contribution < -0.4 is 10.6 Å². The molecule has 1 amide bonds. The van der Waals surface area contributed by atoms with Crippen LogP contribution in [0.25, 0.3) is 0 Å². The van der Waals surface area contributed by atoms with Crippen molar-refractivity contribution in [3.05, 3.63) is 106 Å². The van der Waals surface area contributed by atoms with E-state index >= 15 is 0 Å². The number of anilines is 2. The number of nitrogens with zero attached hydrogens (tertiary/aromatic N) is 3. The molecule has 9 heteroatoms. The van der Waals surface area contributed by atoms with E-state index in [9.17, 15) is 4.79 Å². The van der Waals surface area contributed by atoms with Gasteiger partial charge < -0.3 is 10.6 Å². The highest BCUT2D eigenvalue weighted by Crippen LogP contribution is 2.37. The van der Waals surface area contributed by atoms with Crippen LogP contribution in [0.4, 0.5) is 11.6 Å². The van der Waals surface area contributed by atoms with E-state index in [1.807, 2.05) is 72.5 Å². The van der Waals surface area contributed by atoms with E-state index in [0.29, 0.717) is 27.5 Å². The molecular weight excluding hydrogens is 510 g/mol. The van der Waals surface area contributed by atoms with E-state index in [-0.39, 0.29) is 5.91 Å². The third kappa shape index (κ3) is 5.31. The second-order valence-corrected chi connectivity index (χ2v) is 10.5. The topological polar surface area (TPSA) is 71.8 Å². The molecule has 2 N–H and O–H groups in total. The Bertz CT molecular complexity index is 1400. The molecule has 1 aliphatic rings. The zero-order chi connectivity index (χ0) is 25.1. The smallest absolute Gasteiger partial charge is 0.255 e. The molecule has 5 rings (SSSR count). The van der Waals surface area contributed by atoms with E-state index < -0.39 is 6.04 Å². The summed E-state index contributed by atoms with van der Waals surface area (Å²) in [5.74, 6) is 1.14. The molecule has 182 valence electrons. The maximum absolute atomic E-state index is 13.5. The highest BCUT2D eigenvalue weighted by atomic mass is 35.5. The van der Waals surface area contributed by atoms with Crippen molar-refractivity contribution < 1.29 is 4.79 Å². The molecular formula is C27H24ClN5OS2. The number of carbonyl (C=O) groups excluding carboxylic acids is 1. The molecule has 0 saturated carbocycles. The van der Waals surface area contributed by atoms with E-state index in [1.54, 1.807) is 23.5 Å². The lowest BCUT2D eigenvalue weighted by Crippen LogP contribution is -2.31. The number of thioether (sulfide) groups is 2. The Morgan fingerprint density at radius 2 is 1.78 bits per heavy atom. The number of halogens is 1. The van der Waals surface area contributed by atoms with Crippen LogP contribution in [0.2, 0.25) is 5.02 Å². The maximum atomic E-state index is 13.5. The number of nitrogens with one attached hydrogen (secondary N) is 2. The van der Waals surface area contributed by atoms with Crippen LogP contribution in [0.3, 0.4) is 0 Å². The summed E-state index contributed by atoms with van der Waals surface area (Å²) in [5.41, 5.74) is 4.18. The van der Waals surface area contributed by atoms with Gasteiger partial charge in [-0.3, -0.25) is 4.79 Å². The molecule has 0 radical (unpaired) electrons. The molecule has 0 fully saturated rings. The van der Waals surface area contributed by atoms with E-state index in [1.165, 1.54) is 0 Å². The van der Waals surface area contributed by atoms with Gasteiger partial charge in [-0.15, -0.1) is 16.9 Å². The molecule has 0 unspecified atom stereocenters. The first-order chi connectivity index (χ1) is 17.5. The average molecular weight is 534 g/mol. The third-order valence-corrected chi connectivity index (χ3v) is 7.73. The summed E-state index contributed by atoms with van der Waals surface area (Å²) < 4.78 is 1.81. The lowest BCUT2D eigenvalue weighted by atomic mass is 9.95. The number of benzene rings is 3. The van der Waals surface area contributed by atoms with Gasteiger partial charge in [-0.2, -0.15) is 4.98 Å². The Balaban J connectivity index is 1.48. The average Bonchev–Trinajstić information content (AvgIpc) is 3.30. The van der Waals surface area contributed by atoms with Crippen LogP contribution in [-0.4, -0.2) is 26.9 Å². The SMILES string of the molecule is CSc1ccc([C@H]2C(C(=O)Nc3ccccc3)=C(C)Nc3nc(SCc4ccc(Cl)cc4)nn32)cc1. The van der Waals surface area contributed by atoms with Crippen molar-refractivity contribution >= 4 is 52.7 Å². The summed E-state index contributed by atoms with van der Waals surface area (Å²) in [6.07, 6.45) is 2.04. The number of para-hydroxylation sites is 1. The number of carbonyl (C=O) groups is 1. The fraction of sp³-hybridized carbons (Fsp3) is 0.148. The Hall–Kier alpha value is -3.20. The summed E-state index contributed by atoms with van der Waals surface area (Å²) in [6, 6.07) is 25.0. The number of amides is 1. The number of allylic oxidation sites excluding steroid dienone is 1. The van der Waals surface area contributed by atoms with Gasteiger partial charge in [0.2, 0.25) is 11.1 Å². The number of rotatable bonds is 7. The minimum atomic E-state index is -0.418. The normalized spacial score (nSPS) is 14.8. The predicted octanol–water partition coefficient (Wildman–Crippen LogP) is 6.87. The molecule has 1 aliphatic heterocycles. The van der Waals surface area contributed by atoms with Gasteiger partial charge in [0.25, 0.3) is 5.91 Å². The highest BCUT2D eigenvalue weighted by Gasteiger charge is 2.34. The fourth-order valence-electron chi connectivity index (χ4n) is 4.03. The zero-order valence-electron chi connectivity index (χ0n) is 19.7. The summed E-state index contributed by atoms with van der Waals surface area (Å²) in [7, 11) is 0. The fourth-order valence-corrected chi connectivity index (χ4v) is 5.35. The van der Waals surface area contributed by atoms with Crippen molar-refractivity contribution in [3.63, 3.8) is 0 Å².